The summed E-state index contributed by atoms with van der Waals surface area (Å²) in [7, 11) is -4.25. The molecule has 0 aliphatic heterocycles. The maximum atomic E-state index is 12.8. The first-order valence-electron chi connectivity index (χ1n) is 10.4. The molecule has 1 aliphatic rings. The quantitative estimate of drug-likeness (QED) is 0.446. The van der Waals surface area contributed by atoms with Gasteiger partial charge in [0.2, 0.25) is 5.09 Å². The van der Waals surface area contributed by atoms with Gasteiger partial charge in [-0.05, 0) is 48.3 Å². The first kappa shape index (κ1) is 22.9. The van der Waals surface area contributed by atoms with Crippen molar-refractivity contribution in [2.75, 3.05) is 5.32 Å². The summed E-state index contributed by atoms with van der Waals surface area (Å²) >= 11 is 0. The van der Waals surface area contributed by atoms with Crippen molar-refractivity contribution >= 4 is 27.5 Å². The Morgan fingerprint density at radius 1 is 1.16 bits per heavy atom. The topological polar surface area (TPSA) is 121 Å². The Hall–Kier alpha value is -2.81. The zero-order valence-corrected chi connectivity index (χ0v) is 19.3. The first-order valence-corrected chi connectivity index (χ1v) is 11.8. The highest BCUT2D eigenvalue weighted by Crippen LogP contribution is 2.35. The summed E-state index contributed by atoms with van der Waals surface area (Å²) in [4.78, 5) is 12.7. The molecule has 0 spiro atoms. The van der Waals surface area contributed by atoms with Crippen LogP contribution in [-0.4, -0.2) is 25.4 Å². The molecule has 0 atom stereocenters. The molecular formula is C22H29N3O5S. The lowest BCUT2D eigenvalue weighted by Crippen LogP contribution is -2.35. The van der Waals surface area contributed by atoms with E-state index in [1.165, 1.54) is 6.07 Å². The molecule has 2 aromatic rings. The Morgan fingerprint density at radius 3 is 2.48 bits per heavy atom. The van der Waals surface area contributed by atoms with Crippen molar-refractivity contribution in [3.05, 3.63) is 46.2 Å². The lowest BCUT2D eigenvalue weighted by Gasteiger charge is -2.22. The van der Waals surface area contributed by atoms with Crippen molar-refractivity contribution in [2.24, 2.45) is 5.16 Å². The Kier molecular flexibility index (Phi) is 6.45. The van der Waals surface area contributed by atoms with E-state index in [9.17, 15) is 13.2 Å². The molecule has 1 aromatic heterocycles. The fourth-order valence-corrected chi connectivity index (χ4v) is 4.92. The molecule has 168 valence electrons. The highest BCUT2D eigenvalue weighted by Gasteiger charge is 2.29. The van der Waals surface area contributed by atoms with Crippen molar-refractivity contribution in [1.82, 2.24) is 4.72 Å². The van der Waals surface area contributed by atoms with E-state index in [4.69, 9.17) is 9.62 Å². The van der Waals surface area contributed by atoms with Crippen LogP contribution in [0.2, 0.25) is 0 Å². The predicted molar refractivity (Wildman–Crippen MR) is 119 cm³/mol. The summed E-state index contributed by atoms with van der Waals surface area (Å²) in [5, 5.41) is 14.7. The van der Waals surface area contributed by atoms with E-state index in [0.29, 0.717) is 42.0 Å². The molecule has 31 heavy (non-hydrogen) atoms. The van der Waals surface area contributed by atoms with Crippen LogP contribution in [0.4, 0.5) is 10.5 Å². The van der Waals surface area contributed by atoms with Gasteiger partial charge in [-0.1, -0.05) is 45.0 Å². The van der Waals surface area contributed by atoms with Crippen molar-refractivity contribution in [2.45, 2.75) is 70.8 Å². The Labute approximate surface area is 182 Å². The van der Waals surface area contributed by atoms with Gasteiger partial charge >= 0.3 is 6.03 Å². The van der Waals surface area contributed by atoms with Gasteiger partial charge in [-0.2, -0.15) is 8.42 Å². The number of sulfonamides is 1. The number of carbonyl (C=O) groups excluding carboxylic acids is 1. The highest BCUT2D eigenvalue weighted by atomic mass is 32.2. The molecule has 0 bridgehead atoms. The van der Waals surface area contributed by atoms with Crippen LogP contribution in [0.5, 0.6) is 0 Å². The van der Waals surface area contributed by atoms with Crippen LogP contribution >= 0.6 is 0 Å². The summed E-state index contributed by atoms with van der Waals surface area (Å²) in [6.45, 7) is 10.1. The average molecular weight is 448 g/mol. The van der Waals surface area contributed by atoms with Gasteiger partial charge in [0.05, 0.1) is 5.71 Å². The van der Waals surface area contributed by atoms with Gasteiger partial charge in [-0.25, -0.2) is 9.52 Å². The van der Waals surface area contributed by atoms with Crippen LogP contribution in [0.3, 0.4) is 0 Å². The van der Waals surface area contributed by atoms with E-state index in [-0.39, 0.29) is 16.9 Å². The van der Waals surface area contributed by atoms with Gasteiger partial charge < -0.3 is 14.9 Å². The zero-order valence-electron chi connectivity index (χ0n) is 18.4. The minimum absolute atomic E-state index is 0.137. The molecule has 8 nitrogen and oxygen atoms in total. The van der Waals surface area contributed by atoms with Crippen LogP contribution in [0, 0.1) is 6.92 Å². The summed E-state index contributed by atoms with van der Waals surface area (Å²) in [6.07, 6.45) is 1.76. The third kappa shape index (κ3) is 4.61. The Morgan fingerprint density at radius 2 is 1.87 bits per heavy atom. The minimum atomic E-state index is -4.25. The van der Waals surface area contributed by atoms with Crippen LogP contribution < -0.4 is 10.0 Å². The lowest BCUT2D eigenvalue weighted by atomic mass is 9.89. The standard InChI is InChI=1S/C22H29N3O5S/c1-12(2)15-10-9-14(5)20(13(3)4)21(15)23-22(26)25-31(28,29)19-11-16-17(24-27)7-6-8-18(16)30-19/h9-13,27H,6-8H2,1-5H3,(H2,23,25,26)/b24-17+. The molecule has 0 saturated carbocycles. The first-order chi connectivity index (χ1) is 14.5. The maximum Gasteiger partial charge on any atom is 0.333 e. The van der Waals surface area contributed by atoms with Gasteiger partial charge in [0.1, 0.15) is 5.76 Å². The summed E-state index contributed by atoms with van der Waals surface area (Å²) < 4.78 is 33.1. The number of hydrogen-bond acceptors (Lipinski definition) is 6. The molecule has 0 fully saturated rings. The SMILES string of the molecule is Cc1ccc(C(C)C)c(NC(=O)NS(=O)(=O)c2cc3c(o2)CCC/C3=N\O)c1C(C)C. The fourth-order valence-electron chi connectivity index (χ4n) is 4.04. The van der Waals surface area contributed by atoms with Gasteiger partial charge in [-0.15, -0.1) is 0 Å². The number of nitrogens with zero attached hydrogens (tertiary/aromatic N) is 1. The largest absolute Gasteiger partial charge is 0.447 e. The predicted octanol–water partition coefficient (Wildman–Crippen LogP) is 4.86. The van der Waals surface area contributed by atoms with Gasteiger partial charge in [0.15, 0.2) is 0 Å². The van der Waals surface area contributed by atoms with E-state index in [1.807, 2.05) is 51.5 Å². The Balaban J connectivity index is 1.89. The van der Waals surface area contributed by atoms with Gasteiger partial charge in [0, 0.05) is 23.7 Å². The maximum absolute atomic E-state index is 12.8. The molecule has 3 rings (SSSR count). The molecule has 2 amide bonds. The van der Waals surface area contributed by atoms with E-state index in [2.05, 4.69) is 10.5 Å². The number of urea groups is 1. The molecule has 0 unspecified atom stereocenters. The minimum Gasteiger partial charge on any atom is -0.447 e. The molecule has 1 aliphatic carbocycles. The molecular weight excluding hydrogens is 418 g/mol. The number of hydrogen-bond donors (Lipinski definition) is 3. The number of oxime groups is 1. The van der Waals surface area contributed by atoms with Crippen LogP contribution in [-0.2, 0) is 16.4 Å². The molecule has 1 heterocycles. The van der Waals surface area contributed by atoms with Crippen molar-refractivity contribution in [3.63, 3.8) is 0 Å². The second-order valence-corrected chi connectivity index (χ2v) is 10.0. The number of anilines is 1. The molecule has 0 radical (unpaired) electrons. The van der Waals surface area contributed by atoms with E-state index in [0.717, 1.165) is 16.7 Å². The molecule has 9 heteroatoms. The number of benzene rings is 1. The number of furan rings is 1. The van der Waals surface area contributed by atoms with E-state index >= 15 is 0 Å². The van der Waals surface area contributed by atoms with E-state index < -0.39 is 16.1 Å². The smallest absolute Gasteiger partial charge is 0.333 e. The van der Waals surface area contributed by atoms with Crippen molar-refractivity contribution in [3.8, 4) is 0 Å². The van der Waals surface area contributed by atoms with Crippen LogP contribution in [0.1, 0.15) is 80.4 Å². The Bertz CT molecular complexity index is 1130. The number of nitrogens with one attached hydrogen (secondary N) is 2. The number of rotatable bonds is 5. The third-order valence-corrected chi connectivity index (χ3v) is 6.65. The number of amides is 2. The van der Waals surface area contributed by atoms with Crippen LogP contribution in [0.15, 0.2) is 32.9 Å². The zero-order chi connectivity index (χ0) is 22.9. The highest BCUT2D eigenvalue weighted by molar-refractivity contribution is 7.89. The van der Waals surface area contributed by atoms with Gasteiger partial charge in [0.25, 0.3) is 10.0 Å². The lowest BCUT2D eigenvalue weighted by molar-refractivity contribution is 0.256. The van der Waals surface area contributed by atoms with Gasteiger partial charge in [-0.3, -0.25) is 0 Å². The molecule has 1 aromatic carbocycles. The number of fused-ring (bicyclic) bond motifs is 1. The fraction of sp³-hybridized carbons (Fsp3) is 0.455. The van der Waals surface area contributed by atoms with Crippen molar-refractivity contribution < 1.29 is 22.8 Å². The second-order valence-electron chi connectivity index (χ2n) is 8.43. The van der Waals surface area contributed by atoms with E-state index in [1.54, 1.807) is 0 Å². The average Bonchev–Trinajstić information content (AvgIpc) is 3.12. The molecule has 0 saturated heterocycles. The second kappa shape index (κ2) is 8.74. The number of carbonyl (C=O) groups is 1. The third-order valence-electron chi connectivity index (χ3n) is 5.46. The summed E-state index contributed by atoms with van der Waals surface area (Å²) in [6, 6.07) is 4.40. The monoisotopic (exact) mass is 447 g/mol. The summed E-state index contributed by atoms with van der Waals surface area (Å²) in [5.41, 5.74) is 4.38. The summed E-state index contributed by atoms with van der Waals surface area (Å²) in [5.74, 6) is 0.708. The normalized spacial score (nSPS) is 15.4. The number of aryl methyl sites for hydroxylation is 2. The molecule has 3 N–H and O–H groups in total. The van der Waals surface area contributed by atoms with Crippen LogP contribution in [0.25, 0.3) is 0 Å². The van der Waals surface area contributed by atoms with Crippen molar-refractivity contribution in [1.29, 1.82) is 0 Å².